The molecule has 4 heteroatoms. The summed E-state index contributed by atoms with van der Waals surface area (Å²) in [4.78, 5) is 13.8. The minimum absolute atomic E-state index is 0.853. The maximum absolute atomic E-state index is 4.95. The van der Waals surface area contributed by atoms with Gasteiger partial charge in [0.1, 0.15) is 0 Å². The molecule has 0 spiro atoms. The summed E-state index contributed by atoms with van der Waals surface area (Å²) >= 11 is 0. The zero-order chi connectivity index (χ0) is 26.5. The average Bonchev–Trinajstić information content (AvgIpc) is 2.95. The monoisotopic (exact) mass is 496 g/mol. The van der Waals surface area contributed by atoms with Gasteiger partial charge in [-0.05, 0) is 70.8 Å². The van der Waals surface area contributed by atoms with Crippen molar-refractivity contribution < 1.29 is 0 Å². The first-order valence-electron chi connectivity index (χ1n) is 12.7. The zero-order valence-corrected chi connectivity index (χ0v) is 22.3. The van der Waals surface area contributed by atoms with Crippen molar-refractivity contribution in [3.05, 3.63) is 119 Å². The molecule has 0 saturated carbocycles. The van der Waals surface area contributed by atoms with Crippen molar-refractivity contribution in [3.8, 4) is 11.4 Å². The molecule has 0 N–H and O–H groups in total. The molecule has 0 amide bonds. The summed E-state index contributed by atoms with van der Waals surface area (Å²) in [6, 6.07) is 31.6. The average molecular weight is 497 g/mol. The normalized spacial score (nSPS) is 11.5. The number of pyridine rings is 2. The minimum Gasteiger partial charge on any atom is -0.378 e. The Morgan fingerprint density at radius 2 is 1.13 bits per heavy atom. The molecule has 2 aromatic heterocycles. The van der Waals surface area contributed by atoms with Crippen molar-refractivity contribution in [1.29, 1.82) is 0 Å². The van der Waals surface area contributed by atoms with Gasteiger partial charge in [0, 0.05) is 51.1 Å². The summed E-state index contributed by atoms with van der Waals surface area (Å²) in [5, 5.41) is 1.12. The van der Waals surface area contributed by atoms with Crippen LogP contribution in [0, 0.1) is 0 Å². The predicted octanol–water partition coefficient (Wildman–Crippen LogP) is 7.77. The highest BCUT2D eigenvalue weighted by molar-refractivity contribution is 5.92. The lowest BCUT2D eigenvalue weighted by atomic mass is 10.0. The predicted molar refractivity (Wildman–Crippen MR) is 164 cm³/mol. The third kappa shape index (κ3) is 5.81. The molecule has 38 heavy (non-hydrogen) atoms. The molecule has 0 aliphatic rings. The lowest BCUT2D eigenvalue weighted by molar-refractivity contribution is 1.13. The Bertz CT molecular complexity index is 1590. The van der Waals surface area contributed by atoms with Gasteiger partial charge >= 0.3 is 0 Å². The maximum Gasteiger partial charge on any atom is 0.0900 e. The third-order valence-corrected chi connectivity index (χ3v) is 6.54. The largest absolute Gasteiger partial charge is 0.378 e. The molecule has 0 unspecified atom stereocenters. The van der Waals surface area contributed by atoms with Gasteiger partial charge in [-0.15, -0.1) is 0 Å². The first kappa shape index (κ1) is 25.0. The maximum atomic E-state index is 4.95. The summed E-state index contributed by atoms with van der Waals surface area (Å²) in [6.45, 7) is 0. The molecule has 0 aliphatic carbocycles. The van der Waals surface area contributed by atoms with Crippen molar-refractivity contribution in [3.63, 3.8) is 0 Å². The van der Waals surface area contributed by atoms with Crippen LogP contribution in [0.3, 0.4) is 0 Å². The Balaban J connectivity index is 1.45. The second-order valence-electron chi connectivity index (χ2n) is 9.73. The number of aromatic nitrogens is 2. The van der Waals surface area contributed by atoms with E-state index >= 15 is 0 Å². The van der Waals surface area contributed by atoms with Crippen LogP contribution in [0.2, 0.25) is 0 Å². The molecule has 0 bridgehead atoms. The highest BCUT2D eigenvalue weighted by Crippen LogP contribution is 2.26. The molecule has 0 fully saturated rings. The first-order chi connectivity index (χ1) is 18.5. The summed E-state index contributed by atoms with van der Waals surface area (Å²) in [6.07, 6.45) is 10.4. The van der Waals surface area contributed by atoms with Gasteiger partial charge in [0.25, 0.3) is 0 Å². The Hall–Kier alpha value is -4.70. The lowest BCUT2D eigenvalue weighted by Crippen LogP contribution is -2.07. The number of hydrogen-bond donors (Lipinski definition) is 0. The second kappa shape index (κ2) is 11.1. The molecule has 2 heterocycles. The smallest absolute Gasteiger partial charge is 0.0900 e. The SMILES string of the molecule is CN(C)c1ccc(C=Cc2ccnc(-c3cc(C=Cc4ccc(N(C)C)cc4)c4ccccc4n3)c2)cc1. The molecule has 0 atom stereocenters. The number of anilines is 2. The van der Waals surface area contributed by atoms with Crippen LogP contribution in [-0.4, -0.2) is 38.2 Å². The van der Waals surface area contributed by atoms with E-state index in [1.807, 2.05) is 32.4 Å². The van der Waals surface area contributed by atoms with E-state index in [4.69, 9.17) is 4.98 Å². The van der Waals surface area contributed by atoms with Gasteiger partial charge < -0.3 is 9.80 Å². The van der Waals surface area contributed by atoms with Crippen molar-refractivity contribution in [1.82, 2.24) is 9.97 Å². The third-order valence-electron chi connectivity index (χ3n) is 6.54. The van der Waals surface area contributed by atoms with Gasteiger partial charge in [-0.1, -0.05) is 66.8 Å². The Morgan fingerprint density at radius 1 is 0.553 bits per heavy atom. The van der Waals surface area contributed by atoms with Gasteiger partial charge in [-0.3, -0.25) is 4.98 Å². The molecular weight excluding hydrogens is 464 g/mol. The Labute approximate surface area is 225 Å². The molecule has 188 valence electrons. The number of benzene rings is 3. The van der Waals surface area contributed by atoms with E-state index < -0.39 is 0 Å². The zero-order valence-electron chi connectivity index (χ0n) is 22.3. The van der Waals surface area contributed by atoms with E-state index in [0.717, 1.165) is 44.5 Å². The number of nitrogens with zero attached hydrogens (tertiary/aromatic N) is 4. The van der Waals surface area contributed by atoms with Crippen LogP contribution in [0.4, 0.5) is 11.4 Å². The van der Waals surface area contributed by atoms with Crippen LogP contribution >= 0.6 is 0 Å². The summed E-state index contributed by atoms with van der Waals surface area (Å²) in [5.74, 6) is 0. The highest BCUT2D eigenvalue weighted by Gasteiger charge is 2.08. The number of fused-ring (bicyclic) bond motifs is 1. The molecular formula is C34H32N4. The van der Waals surface area contributed by atoms with Crippen LogP contribution in [0.5, 0.6) is 0 Å². The van der Waals surface area contributed by atoms with Gasteiger partial charge in [-0.2, -0.15) is 0 Å². The molecule has 4 nitrogen and oxygen atoms in total. The standard InChI is InChI=1S/C34H32N4/c1-37(2)29-17-12-25(13-18-29)9-10-27-21-22-35-33(23-27)34-24-28(31-7-5-6-8-32(31)36-34)16-11-26-14-19-30(20-15-26)38(3)4/h5-24H,1-4H3. The van der Waals surface area contributed by atoms with E-state index in [1.165, 1.54) is 11.4 Å². The van der Waals surface area contributed by atoms with Gasteiger partial charge in [0.2, 0.25) is 0 Å². The van der Waals surface area contributed by atoms with Crippen LogP contribution in [-0.2, 0) is 0 Å². The Morgan fingerprint density at radius 3 is 1.76 bits per heavy atom. The Kier molecular flexibility index (Phi) is 7.32. The van der Waals surface area contributed by atoms with Crippen molar-refractivity contribution in [2.45, 2.75) is 0 Å². The fourth-order valence-corrected chi connectivity index (χ4v) is 4.31. The fourth-order valence-electron chi connectivity index (χ4n) is 4.31. The van der Waals surface area contributed by atoms with Crippen molar-refractivity contribution >= 4 is 46.6 Å². The highest BCUT2D eigenvalue weighted by atomic mass is 15.1. The van der Waals surface area contributed by atoms with Crippen LogP contribution in [0.15, 0.2) is 97.2 Å². The van der Waals surface area contributed by atoms with Crippen LogP contribution in [0.25, 0.3) is 46.6 Å². The van der Waals surface area contributed by atoms with Crippen molar-refractivity contribution in [2.75, 3.05) is 38.0 Å². The fraction of sp³-hybridized carbons (Fsp3) is 0.118. The number of para-hydroxylation sites is 1. The quantitative estimate of drug-likeness (QED) is 0.230. The van der Waals surface area contributed by atoms with E-state index in [1.54, 1.807) is 0 Å². The summed E-state index contributed by atoms with van der Waals surface area (Å²) < 4.78 is 0. The molecule has 3 aromatic carbocycles. The second-order valence-corrected chi connectivity index (χ2v) is 9.73. The van der Waals surface area contributed by atoms with E-state index in [9.17, 15) is 0 Å². The topological polar surface area (TPSA) is 32.3 Å². The van der Waals surface area contributed by atoms with Crippen molar-refractivity contribution in [2.24, 2.45) is 0 Å². The van der Waals surface area contributed by atoms with Crippen LogP contribution < -0.4 is 9.80 Å². The van der Waals surface area contributed by atoms with Gasteiger partial charge in [0.15, 0.2) is 0 Å². The first-order valence-corrected chi connectivity index (χ1v) is 12.7. The van der Waals surface area contributed by atoms with Gasteiger partial charge in [0.05, 0.1) is 16.9 Å². The summed E-state index contributed by atoms with van der Waals surface area (Å²) in [5.41, 5.74) is 9.55. The summed E-state index contributed by atoms with van der Waals surface area (Å²) in [7, 11) is 8.20. The molecule has 5 aromatic rings. The molecule has 0 aliphatic heterocycles. The minimum atomic E-state index is 0.853. The molecule has 5 rings (SSSR count). The van der Waals surface area contributed by atoms with E-state index in [2.05, 4.69) is 132 Å². The number of hydrogen-bond acceptors (Lipinski definition) is 4. The van der Waals surface area contributed by atoms with E-state index in [0.29, 0.717) is 0 Å². The van der Waals surface area contributed by atoms with Crippen LogP contribution in [0.1, 0.15) is 22.3 Å². The lowest BCUT2D eigenvalue weighted by Gasteiger charge is -2.12. The van der Waals surface area contributed by atoms with E-state index in [-0.39, 0.29) is 0 Å². The number of rotatable bonds is 7. The molecule has 0 saturated heterocycles. The molecule has 0 radical (unpaired) electrons. The van der Waals surface area contributed by atoms with Gasteiger partial charge in [-0.25, -0.2) is 4.98 Å².